The number of para-hydroxylation sites is 1. The zero-order chi connectivity index (χ0) is 16.8. The summed E-state index contributed by atoms with van der Waals surface area (Å²) in [7, 11) is 0. The molecule has 3 N–H and O–H groups in total. The van der Waals surface area contributed by atoms with E-state index in [2.05, 4.69) is 25.9 Å². The quantitative estimate of drug-likeness (QED) is 0.588. The number of carbonyl (C=O) groups is 1. The minimum absolute atomic E-state index is 0.182. The van der Waals surface area contributed by atoms with Gasteiger partial charge < -0.3 is 15.6 Å². The highest BCUT2D eigenvalue weighted by atomic mass is 16.2. The van der Waals surface area contributed by atoms with E-state index in [1.54, 1.807) is 17.1 Å². The van der Waals surface area contributed by atoms with Crippen molar-refractivity contribution in [3.8, 4) is 0 Å². The molecule has 0 fully saturated rings. The van der Waals surface area contributed by atoms with Crippen molar-refractivity contribution in [2.24, 2.45) is 0 Å². The van der Waals surface area contributed by atoms with Gasteiger partial charge in [-0.05, 0) is 18.1 Å². The first kappa shape index (κ1) is 15.7. The lowest BCUT2D eigenvalue weighted by Gasteiger charge is -2.09. The SMILES string of the molecule is O=C(NCCCn1ccnn1)NCc1cc(=O)[nH]c2ccccc12. The lowest BCUT2D eigenvalue weighted by molar-refractivity contribution is 0.240. The van der Waals surface area contributed by atoms with Crippen LogP contribution in [-0.2, 0) is 13.1 Å². The fourth-order valence-corrected chi connectivity index (χ4v) is 2.46. The Morgan fingerprint density at radius 1 is 1.25 bits per heavy atom. The largest absolute Gasteiger partial charge is 0.338 e. The van der Waals surface area contributed by atoms with Crippen LogP contribution in [0.5, 0.6) is 0 Å². The Balaban J connectivity index is 1.50. The Morgan fingerprint density at radius 2 is 2.12 bits per heavy atom. The molecule has 0 bridgehead atoms. The second-order valence-corrected chi connectivity index (χ2v) is 5.33. The molecule has 8 nitrogen and oxygen atoms in total. The molecule has 0 saturated heterocycles. The number of aromatic nitrogens is 4. The third-order valence-corrected chi connectivity index (χ3v) is 3.60. The maximum absolute atomic E-state index is 11.9. The zero-order valence-corrected chi connectivity index (χ0v) is 13.0. The first-order valence-electron chi connectivity index (χ1n) is 7.69. The molecule has 2 aromatic heterocycles. The summed E-state index contributed by atoms with van der Waals surface area (Å²) in [6, 6.07) is 8.75. The molecule has 0 unspecified atom stereocenters. The van der Waals surface area contributed by atoms with Crippen LogP contribution >= 0.6 is 0 Å². The van der Waals surface area contributed by atoms with Gasteiger partial charge in [-0.1, -0.05) is 23.4 Å². The average Bonchev–Trinajstić information content (AvgIpc) is 3.10. The number of urea groups is 1. The highest BCUT2D eigenvalue weighted by molar-refractivity contribution is 5.82. The molecule has 8 heteroatoms. The van der Waals surface area contributed by atoms with Gasteiger partial charge in [-0.3, -0.25) is 9.48 Å². The normalized spacial score (nSPS) is 10.7. The lowest BCUT2D eigenvalue weighted by atomic mass is 10.1. The molecule has 24 heavy (non-hydrogen) atoms. The molecule has 2 heterocycles. The minimum Gasteiger partial charge on any atom is -0.338 e. The summed E-state index contributed by atoms with van der Waals surface area (Å²) in [6.07, 6.45) is 4.15. The monoisotopic (exact) mass is 326 g/mol. The molecule has 0 spiro atoms. The van der Waals surface area contributed by atoms with Crippen LogP contribution in [0.4, 0.5) is 4.79 Å². The summed E-state index contributed by atoms with van der Waals surface area (Å²) in [6.45, 7) is 1.51. The first-order valence-corrected chi connectivity index (χ1v) is 7.69. The molecule has 2 amide bonds. The van der Waals surface area contributed by atoms with Gasteiger partial charge in [0.1, 0.15) is 0 Å². The Labute approximate surface area is 137 Å². The van der Waals surface area contributed by atoms with Gasteiger partial charge in [-0.25, -0.2) is 4.79 Å². The van der Waals surface area contributed by atoms with E-state index in [0.717, 1.165) is 22.9 Å². The van der Waals surface area contributed by atoms with Gasteiger partial charge in [-0.2, -0.15) is 0 Å². The Morgan fingerprint density at radius 3 is 2.96 bits per heavy atom. The van der Waals surface area contributed by atoms with Gasteiger partial charge in [0.25, 0.3) is 0 Å². The summed E-state index contributed by atoms with van der Waals surface area (Å²) in [5.74, 6) is 0. The van der Waals surface area contributed by atoms with Crippen molar-refractivity contribution in [3.05, 3.63) is 58.6 Å². The van der Waals surface area contributed by atoms with Crippen LogP contribution in [0.15, 0.2) is 47.5 Å². The van der Waals surface area contributed by atoms with Crippen LogP contribution in [0.1, 0.15) is 12.0 Å². The van der Waals surface area contributed by atoms with E-state index in [4.69, 9.17) is 0 Å². The second kappa shape index (κ2) is 7.40. The van der Waals surface area contributed by atoms with Crippen LogP contribution < -0.4 is 16.2 Å². The summed E-state index contributed by atoms with van der Waals surface area (Å²) in [5, 5.41) is 14.0. The fraction of sp³-hybridized carbons (Fsp3) is 0.250. The van der Waals surface area contributed by atoms with E-state index in [9.17, 15) is 9.59 Å². The van der Waals surface area contributed by atoms with Crippen molar-refractivity contribution in [3.63, 3.8) is 0 Å². The van der Waals surface area contributed by atoms with E-state index in [1.165, 1.54) is 6.07 Å². The van der Waals surface area contributed by atoms with Crippen LogP contribution in [0.25, 0.3) is 10.9 Å². The fourth-order valence-electron chi connectivity index (χ4n) is 2.46. The van der Waals surface area contributed by atoms with Gasteiger partial charge in [-0.15, -0.1) is 5.10 Å². The molecule has 124 valence electrons. The van der Waals surface area contributed by atoms with E-state index in [0.29, 0.717) is 19.6 Å². The molecule has 0 aliphatic carbocycles. The Hall–Kier alpha value is -3.16. The highest BCUT2D eigenvalue weighted by Gasteiger charge is 2.05. The van der Waals surface area contributed by atoms with Gasteiger partial charge in [0, 0.05) is 42.8 Å². The molecular weight excluding hydrogens is 308 g/mol. The highest BCUT2D eigenvalue weighted by Crippen LogP contribution is 2.13. The maximum atomic E-state index is 11.9. The number of hydrogen-bond donors (Lipinski definition) is 3. The molecule has 3 rings (SSSR count). The first-order chi connectivity index (χ1) is 11.7. The number of benzene rings is 1. The van der Waals surface area contributed by atoms with Gasteiger partial charge in [0.2, 0.25) is 5.56 Å². The van der Waals surface area contributed by atoms with Crippen LogP contribution in [0.3, 0.4) is 0 Å². The number of H-pyrrole nitrogens is 1. The predicted molar refractivity (Wildman–Crippen MR) is 89.4 cm³/mol. The zero-order valence-electron chi connectivity index (χ0n) is 13.0. The average molecular weight is 326 g/mol. The standard InChI is InChI=1S/C16H18N6O2/c23-15-10-12(13-4-1-2-5-14(13)20-15)11-18-16(24)17-6-3-8-22-9-7-19-21-22/h1-2,4-5,7,9-10H,3,6,8,11H2,(H,20,23)(H2,17,18,24). The third-order valence-electron chi connectivity index (χ3n) is 3.60. The van der Waals surface area contributed by atoms with Crippen LogP contribution in [0.2, 0.25) is 0 Å². The minimum atomic E-state index is -0.266. The van der Waals surface area contributed by atoms with Crippen molar-refractivity contribution in [1.82, 2.24) is 30.6 Å². The summed E-state index contributed by atoms with van der Waals surface area (Å²) >= 11 is 0. The van der Waals surface area contributed by atoms with Crippen molar-refractivity contribution in [2.45, 2.75) is 19.5 Å². The molecule has 1 aromatic carbocycles. The smallest absolute Gasteiger partial charge is 0.315 e. The molecular formula is C16H18N6O2. The van der Waals surface area contributed by atoms with Gasteiger partial charge >= 0.3 is 6.03 Å². The summed E-state index contributed by atoms with van der Waals surface area (Å²) < 4.78 is 1.71. The number of hydrogen-bond acceptors (Lipinski definition) is 4. The number of carbonyl (C=O) groups excluding carboxylic acids is 1. The van der Waals surface area contributed by atoms with E-state index in [1.807, 2.05) is 24.3 Å². The summed E-state index contributed by atoms with van der Waals surface area (Å²) in [5.41, 5.74) is 1.36. The molecule has 0 saturated carbocycles. The number of aryl methyl sites for hydroxylation is 1. The van der Waals surface area contributed by atoms with E-state index in [-0.39, 0.29) is 11.6 Å². The third kappa shape index (κ3) is 3.97. The lowest BCUT2D eigenvalue weighted by Crippen LogP contribution is -2.36. The number of aromatic amines is 1. The number of pyridine rings is 1. The van der Waals surface area contributed by atoms with Crippen LogP contribution in [-0.4, -0.2) is 32.6 Å². The molecule has 0 aliphatic heterocycles. The number of rotatable bonds is 6. The molecule has 0 radical (unpaired) electrons. The Kier molecular flexibility index (Phi) is 4.85. The van der Waals surface area contributed by atoms with E-state index < -0.39 is 0 Å². The van der Waals surface area contributed by atoms with Crippen molar-refractivity contribution in [1.29, 1.82) is 0 Å². The van der Waals surface area contributed by atoms with Gasteiger partial charge in [0.05, 0.1) is 6.20 Å². The van der Waals surface area contributed by atoms with Gasteiger partial charge in [0.15, 0.2) is 0 Å². The summed E-state index contributed by atoms with van der Waals surface area (Å²) in [4.78, 5) is 26.3. The van der Waals surface area contributed by atoms with Crippen molar-refractivity contribution >= 4 is 16.9 Å². The van der Waals surface area contributed by atoms with Crippen LogP contribution in [0, 0.1) is 0 Å². The van der Waals surface area contributed by atoms with Crippen molar-refractivity contribution in [2.75, 3.05) is 6.54 Å². The maximum Gasteiger partial charge on any atom is 0.315 e. The number of fused-ring (bicyclic) bond motifs is 1. The molecule has 3 aromatic rings. The van der Waals surface area contributed by atoms with E-state index >= 15 is 0 Å². The molecule has 0 atom stereocenters. The second-order valence-electron chi connectivity index (χ2n) is 5.33. The molecule has 0 aliphatic rings. The predicted octanol–water partition coefficient (Wildman–Crippen LogP) is 1.01. The topological polar surface area (TPSA) is 105 Å². The number of nitrogens with one attached hydrogen (secondary N) is 3. The number of nitrogens with zero attached hydrogens (tertiary/aromatic N) is 3. The number of amides is 2. The Bertz CT molecular complexity index is 872. The van der Waals surface area contributed by atoms with Crippen molar-refractivity contribution < 1.29 is 4.79 Å².